The lowest BCUT2D eigenvalue weighted by Crippen LogP contribution is -2.44. The molecule has 0 unspecified atom stereocenters. The molecule has 150 valence electrons. The molecule has 4 rings (SSSR count). The predicted molar refractivity (Wildman–Crippen MR) is 103 cm³/mol. The maximum absolute atomic E-state index is 14.6. The van der Waals surface area contributed by atoms with E-state index < -0.39 is 12.0 Å². The third-order valence-electron chi connectivity index (χ3n) is 5.37. The number of H-pyrrole nitrogens is 1. The molecule has 2 aliphatic rings. The number of anilines is 2. The fourth-order valence-electron chi connectivity index (χ4n) is 3.93. The zero-order valence-corrected chi connectivity index (χ0v) is 15.8. The Bertz CT molecular complexity index is 874. The van der Waals surface area contributed by atoms with Crippen LogP contribution in [0.4, 0.5) is 20.5 Å². The van der Waals surface area contributed by atoms with Crippen molar-refractivity contribution in [2.75, 3.05) is 36.0 Å². The summed E-state index contributed by atoms with van der Waals surface area (Å²) in [7, 11) is 0. The van der Waals surface area contributed by atoms with Crippen molar-refractivity contribution in [1.29, 1.82) is 0 Å². The van der Waals surface area contributed by atoms with Gasteiger partial charge in [-0.15, -0.1) is 0 Å². The molecule has 2 saturated heterocycles. The van der Waals surface area contributed by atoms with E-state index >= 15 is 0 Å². The highest BCUT2D eigenvalue weighted by atomic mass is 19.3. The monoisotopic (exact) mass is 390 g/mol. The summed E-state index contributed by atoms with van der Waals surface area (Å²) >= 11 is 0. The van der Waals surface area contributed by atoms with Crippen molar-refractivity contribution in [2.45, 2.75) is 37.8 Å². The van der Waals surface area contributed by atoms with Gasteiger partial charge in [0.1, 0.15) is 5.82 Å². The van der Waals surface area contributed by atoms with E-state index in [1.54, 1.807) is 4.90 Å². The number of ether oxygens (including phenoxy) is 1. The first-order valence-corrected chi connectivity index (χ1v) is 9.59. The van der Waals surface area contributed by atoms with Crippen LogP contribution in [0, 0.1) is 0 Å². The Balaban J connectivity index is 1.64. The van der Waals surface area contributed by atoms with Crippen LogP contribution in [0.2, 0.25) is 0 Å². The van der Waals surface area contributed by atoms with Gasteiger partial charge in [-0.25, -0.2) is 8.78 Å². The van der Waals surface area contributed by atoms with E-state index in [-0.39, 0.29) is 37.0 Å². The summed E-state index contributed by atoms with van der Waals surface area (Å²) in [5.74, 6) is -2.14. The summed E-state index contributed by atoms with van der Waals surface area (Å²) < 4.78 is 34.8. The summed E-state index contributed by atoms with van der Waals surface area (Å²) in [5, 5.41) is 0. The van der Waals surface area contributed by atoms with E-state index in [4.69, 9.17) is 4.74 Å². The van der Waals surface area contributed by atoms with Crippen LogP contribution < -0.4 is 15.4 Å². The number of halogens is 2. The van der Waals surface area contributed by atoms with Gasteiger partial charge in [0, 0.05) is 32.1 Å². The lowest BCUT2D eigenvalue weighted by molar-refractivity contribution is -0.00690. The van der Waals surface area contributed by atoms with Crippen LogP contribution in [0.5, 0.6) is 0 Å². The van der Waals surface area contributed by atoms with E-state index in [0.717, 1.165) is 5.56 Å². The zero-order chi connectivity index (χ0) is 19.7. The van der Waals surface area contributed by atoms with Crippen LogP contribution in [0.25, 0.3) is 0 Å². The van der Waals surface area contributed by atoms with E-state index in [2.05, 4.69) is 9.97 Å². The molecule has 0 radical (unpaired) electrons. The Morgan fingerprint density at radius 1 is 1.29 bits per heavy atom. The lowest BCUT2D eigenvalue weighted by Gasteiger charge is -2.33. The number of aromatic nitrogens is 2. The Kier molecular flexibility index (Phi) is 5.05. The normalized spacial score (nSPS) is 24.5. The maximum atomic E-state index is 14.6. The Morgan fingerprint density at radius 3 is 2.82 bits per heavy atom. The largest absolute Gasteiger partial charge is 0.375 e. The van der Waals surface area contributed by atoms with Gasteiger partial charge in [-0.1, -0.05) is 30.3 Å². The van der Waals surface area contributed by atoms with Crippen molar-refractivity contribution in [3.8, 4) is 0 Å². The second kappa shape index (κ2) is 7.50. The molecule has 1 aromatic heterocycles. The SMILES string of the molecule is C[C@@H]1CN(c2cc(=O)[nH]c(N3CCC(F)(F)[C@H]3Cc3ccccc3)n2)CCO1. The molecule has 1 N–H and O–H groups in total. The molecular weight excluding hydrogens is 366 g/mol. The molecule has 2 atom stereocenters. The highest BCUT2D eigenvalue weighted by Gasteiger charge is 2.49. The summed E-state index contributed by atoms with van der Waals surface area (Å²) in [6, 6.07) is 9.60. The minimum absolute atomic E-state index is 0.0280. The van der Waals surface area contributed by atoms with Gasteiger partial charge in [0.05, 0.1) is 18.8 Å². The maximum Gasteiger partial charge on any atom is 0.270 e. The summed E-state index contributed by atoms with van der Waals surface area (Å²) in [5.41, 5.74) is 0.493. The lowest BCUT2D eigenvalue weighted by atomic mass is 10.0. The van der Waals surface area contributed by atoms with Crippen molar-refractivity contribution in [3.05, 3.63) is 52.3 Å². The molecule has 8 heteroatoms. The minimum Gasteiger partial charge on any atom is -0.375 e. The zero-order valence-electron chi connectivity index (χ0n) is 15.8. The van der Waals surface area contributed by atoms with E-state index in [9.17, 15) is 13.6 Å². The third kappa shape index (κ3) is 3.87. The number of aromatic amines is 1. The van der Waals surface area contributed by atoms with Crippen LogP contribution >= 0.6 is 0 Å². The molecule has 0 saturated carbocycles. The Hall–Kier alpha value is -2.48. The van der Waals surface area contributed by atoms with Crippen LogP contribution in [-0.4, -0.2) is 54.3 Å². The second-order valence-corrected chi connectivity index (χ2v) is 7.46. The number of benzene rings is 1. The standard InChI is InChI=1S/C20H24F2N4O2/c1-14-13-25(9-10-28-14)17-12-18(27)24-19(23-17)26-8-7-20(21,22)16(26)11-15-5-3-2-4-6-15/h2-6,12,14,16H,7-11,13H2,1H3,(H,23,24,27)/t14-,16-/m1/s1. The van der Waals surface area contributed by atoms with E-state index in [1.165, 1.54) is 6.07 Å². The average Bonchev–Trinajstić information content (AvgIpc) is 2.97. The van der Waals surface area contributed by atoms with Gasteiger partial charge in [0.2, 0.25) is 5.95 Å². The van der Waals surface area contributed by atoms with E-state index in [0.29, 0.717) is 25.5 Å². The van der Waals surface area contributed by atoms with Gasteiger partial charge >= 0.3 is 0 Å². The Labute approximate surface area is 162 Å². The number of nitrogens with one attached hydrogen (secondary N) is 1. The summed E-state index contributed by atoms with van der Waals surface area (Å²) in [6.07, 6.45) is -0.0381. The number of rotatable bonds is 4. The number of morpholine rings is 1. The number of alkyl halides is 2. The van der Waals surface area contributed by atoms with Gasteiger partial charge in [-0.05, 0) is 18.9 Å². The van der Waals surface area contributed by atoms with Crippen molar-refractivity contribution in [2.24, 2.45) is 0 Å². The molecule has 28 heavy (non-hydrogen) atoms. The highest BCUT2D eigenvalue weighted by molar-refractivity contribution is 5.46. The highest BCUT2D eigenvalue weighted by Crippen LogP contribution is 2.37. The molecule has 0 spiro atoms. The van der Waals surface area contributed by atoms with Gasteiger partial charge in [-0.3, -0.25) is 9.78 Å². The smallest absolute Gasteiger partial charge is 0.270 e. The quantitative estimate of drug-likeness (QED) is 0.869. The van der Waals surface area contributed by atoms with Crippen molar-refractivity contribution in [1.82, 2.24) is 9.97 Å². The van der Waals surface area contributed by atoms with Gasteiger partial charge in [-0.2, -0.15) is 4.98 Å². The minimum atomic E-state index is -2.85. The van der Waals surface area contributed by atoms with Crippen LogP contribution in [0.3, 0.4) is 0 Å². The van der Waals surface area contributed by atoms with Gasteiger partial charge < -0.3 is 14.5 Å². The fourth-order valence-corrected chi connectivity index (χ4v) is 3.93. The fraction of sp³-hybridized carbons (Fsp3) is 0.500. The number of hydrogen-bond acceptors (Lipinski definition) is 5. The van der Waals surface area contributed by atoms with Gasteiger partial charge in [0.15, 0.2) is 0 Å². The molecule has 6 nitrogen and oxygen atoms in total. The molecule has 2 aromatic rings. The van der Waals surface area contributed by atoms with Gasteiger partial charge in [0.25, 0.3) is 11.5 Å². The first kappa shape index (κ1) is 18.9. The predicted octanol–water partition coefficient (Wildman–Crippen LogP) is 2.45. The van der Waals surface area contributed by atoms with Crippen LogP contribution in [0.1, 0.15) is 18.9 Å². The molecule has 3 heterocycles. The molecule has 0 bridgehead atoms. The van der Waals surface area contributed by atoms with E-state index in [1.807, 2.05) is 42.2 Å². The summed E-state index contributed by atoms with van der Waals surface area (Å²) in [6.45, 7) is 3.88. The first-order chi connectivity index (χ1) is 13.4. The van der Waals surface area contributed by atoms with Crippen LogP contribution in [-0.2, 0) is 11.2 Å². The topological polar surface area (TPSA) is 61.5 Å². The number of nitrogens with zero attached hydrogens (tertiary/aromatic N) is 3. The van der Waals surface area contributed by atoms with Crippen molar-refractivity contribution >= 4 is 11.8 Å². The molecule has 2 fully saturated rings. The molecule has 2 aliphatic heterocycles. The molecule has 0 amide bonds. The molecule has 1 aromatic carbocycles. The van der Waals surface area contributed by atoms with Crippen LogP contribution in [0.15, 0.2) is 41.2 Å². The molecular formula is C20H24F2N4O2. The molecule has 0 aliphatic carbocycles. The average molecular weight is 390 g/mol. The number of hydrogen-bond donors (Lipinski definition) is 1. The third-order valence-corrected chi connectivity index (χ3v) is 5.37. The summed E-state index contributed by atoms with van der Waals surface area (Å²) in [4.78, 5) is 23.0. The van der Waals surface area contributed by atoms with Crippen molar-refractivity contribution < 1.29 is 13.5 Å². The Morgan fingerprint density at radius 2 is 2.07 bits per heavy atom. The first-order valence-electron chi connectivity index (χ1n) is 9.59. The van der Waals surface area contributed by atoms with Crippen molar-refractivity contribution in [3.63, 3.8) is 0 Å². The second-order valence-electron chi connectivity index (χ2n) is 7.46.